The summed E-state index contributed by atoms with van der Waals surface area (Å²) >= 11 is 0. The summed E-state index contributed by atoms with van der Waals surface area (Å²) < 4.78 is 29.9. The number of likely N-dealkylation sites (tertiary alicyclic amines) is 1. The van der Waals surface area contributed by atoms with Crippen LogP contribution in [0.25, 0.3) is 0 Å². The lowest BCUT2D eigenvalue weighted by atomic mass is 9.79. The van der Waals surface area contributed by atoms with Crippen LogP contribution in [-0.4, -0.2) is 45.1 Å². The van der Waals surface area contributed by atoms with Gasteiger partial charge in [-0.15, -0.1) is 0 Å². The van der Waals surface area contributed by atoms with Gasteiger partial charge in [-0.1, -0.05) is 6.42 Å². The molecular formula is C24H30F2N4O2. The zero-order chi connectivity index (χ0) is 23.0. The number of aryl methyl sites for hydroxylation is 2. The molecule has 0 bridgehead atoms. The maximum absolute atomic E-state index is 14.0. The minimum atomic E-state index is -0.717. The zero-order valence-electron chi connectivity index (χ0n) is 18.8. The van der Waals surface area contributed by atoms with Crippen molar-refractivity contribution in [1.82, 2.24) is 20.0 Å². The van der Waals surface area contributed by atoms with Crippen molar-refractivity contribution < 1.29 is 18.4 Å². The van der Waals surface area contributed by atoms with Crippen molar-refractivity contribution in [3.8, 4) is 0 Å². The van der Waals surface area contributed by atoms with Crippen LogP contribution in [0.1, 0.15) is 67.9 Å². The zero-order valence-corrected chi connectivity index (χ0v) is 18.8. The smallest absolute Gasteiger partial charge is 0.224 e. The second-order valence-corrected chi connectivity index (χ2v) is 9.37. The van der Waals surface area contributed by atoms with Crippen LogP contribution in [0.2, 0.25) is 0 Å². The molecule has 8 heteroatoms. The van der Waals surface area contributed by atoms with Crippen LogP contribution >= 0.6 is 0 Å². The molecule has 2 amide bonds. The molecule has 32 heavy (non-hydrogen) atoms. The van der Waals surface area contributed by atoms with Crippen molar-refractivity contribution in [1.29, 1.82) is 0 Å². The first-order valence-electron chi connectivity index (χ1n) is 11.2. The molecular weight excluding hydrogens is 414 g/mol. The van der Waals surface area contributed by atoms with Crippen molar-refractivity contribution >= 4 is 11.8 Å². The first kappa shape index (κ1) is 22.4. The van der Waals surface area contributed by atoms with E-state index in [1.54, 1.807) is 4.90 Å². The molecule has 172 valence electrons. The standard InChI is InChI=1S/C24H30F2N4O2/c1-15-8-16(2)30(28-15)17(3)9-23(32)29-13-21(18-10-19(25)12-20(26)11-18)24(14-29)7-5-4-6-22(31)27-24/h8,10-12,17,21H,4-7,9,13-14H2,1-3H3,(H,27,31)/t17-,21+,24-/m1/s1. The SMILES string of the molecule is Cc1cc(C)n([C@H](C)CC(=O)N2C[C@@H](c3cc(F)cc(F)c3)[C@@]3(CCCCC(=O)N3)C2)n1. The van der Waals surface area contributed by atoms with Crippen LogP contribution in [0.4, 0.5) is 8.78 Å². The van der Waals surface area contributed by atoms with Crippen LogP contribution in [0, 0.1) is 25.5 Å². The molecule has 2 fully saturated rings. The third kappa shape index (κ3) is 4.40. The Morgan fingerprint density at radius 2 is 1.94 bits per heavy atom. The number of carbonyl (C=O) groups is 2. The molecule has 0 unspecified atom stereocenters. The van der Waals surface area contributed by atoms with Gasteiger partial charge in [-0.2, -0.15) is 5.10 Å². The summed E-state index contributed by atoms with van der Waals surface area (Å²) in [6.07, 6.45) is 2.93. The van der Waals surface area contributed by atoms with E-state index in [2.05, 4.69) is 10.4 Å². The van der Waals surface area contributed by atoms with E-state index < -0.39 is 17.2 Å². The van der Waals surface area contributed by atoms with E-state index in [9.17, 15) is 18.4 Å². The predicted octanol–water partition coefficient (Wildman–Crippen LogP) is 3.78. The van der Waals surface area contributed by atoms with Gasteiger partial charge in [-0.25, -0.2) is 8.78 Å². The Labute approximate surface area is 187 Å². The molecule has 4 rings (SSSR count). The summed E-state index contributed by atoms with van der Waals surface area (Å²) in [6, 6.07) is 5.33. The molecule has 0 saturated carbocycles. The molecule has 1 aromatic carbocycles. The van der Waals surface area contributed by atoms with Crippen LogP contribution in [0.3, 0.4) is 0 Å². The molecule has 1 spiro atoms. The van der Waals surface area contributed by atoms with Gasteiger partial charge in [0.2, 0.25) is 11.8 Å². The number of benzene rings is 1. The summed E-state index contributed by atoms with van der Waals surface area (Å²) in [5.74, 6) is -1.81. The van der Waals surface area contributed by atoms with Crippen molar-refractivity contribution in [2.75, 3.05) is 13.1 Å². The van der Waals surface area contributed by atoms with Crippen LogP contribution in [0.5, 0.6) is 0 Å². The molecule has 0 radical (unpaired) electrons. The molecule has 2 aliphatic heterocycles. The fraction of sp³-hybridized carbons (Fsp3) is 0.542. The number of rotatable bonds is 4. The van der Waals surface area contributed by atoms with Crippen LogP contribution in [0.15, 0.2) is 24.3 Å². The number of hydrogen-bond donors (Lipinski definition) is 1. The lowest BCUT2D eigenvalue weighted by molar-refractivity contribution is -0.131. The highest BCUT2D eigenvalue weighted by atomic mass is 19.1. The van der Waals surface area contributed by atoms with Gasteiger partial charge in [0.1, 0.15) is 11.6 Å². The molecule has 1 N–H and O–H groups in total. The van der Waals surface area contributed by atoms with Gasteiger partial charge in [0.15, 0.2) is 0 Å². The molecule has 3 heterocycles. The Bertz CT molecular complexity index is 1020. The Morgan fingerprint density at radius 1 is 1.22 bits per heavy atom. The highest BCUT2D eigenvalue weighted by molar-refractivity contribution is 5.80. The molecule has 2 aliphatic rings. The summed E-state index contributed by atoms with van der Waals surface area (Å²) in [4.78, 5) is 27.5. The Hall–Kier alpha value is -2.77. The average Bonchev–Trinajstić information content (AvgIpc) is 3.17. The van der Waals surface area contributed by atoms with E-state index in [4.69, 9.17) is 0 Å². The second kappa shape index (κ2) is 8.64. The monoisotopic (exact) mass is 444 g/mol. The van der Waals surface area contributed by atoms with Crippen LogP contribution < -0.4 is 5.32 Å². The highest BCUT2D eigenvalue weighted by Crippen LogP contribution is 2.41. The fourth-order valence-corrected chi connectivity index (χ4v) is 5.37. The maximum atomic E-state index is 14.0. The normalized spacial score (nSPS) is 24.5. The first-order chi connectivity index (χ1) is 15.2. The Kier molecular flexibility index (Phi) is 6.05. The van der Waals surface area contributed by atoms with E-state index in [1.807, 2.05) is 31.5 Å². The van der Waals surface area contributed by atoms with Crippen molar-refractivity contribution in [2.24, 2.45) is 0 Å². The van der Waals surface area contributed by atoms with Gasteiger partial charge in [0.25, 0.3) is 0 Å². The Balaban J connectivity index is 1.61. The third-order valence-electron chi connectivity index (χ3n) is 6.78. The van der Waals surface area contributed by atoms with E-state index in [0.717, 1.165) is 30.3 Å². The highest BCUT2D eigenvalue weighted by Gasteiger charge is 2.50. The Morgan fingerprint density at radius 3 is 2.59 bits per heavy atom. The molecule has 0 aliphatic carbocycles. The third-order valence-corrected chi connectivity index (χ3v) is 6.78. The second-order valence-electron chi connectivity index (χ2n) is 9.37. The molecule has 3 atom stereocenters. The topological polar surface area (TPSA) is 67.2 Å². The van der Waals surface area contributed by atoms with E-state index >= 15 is 0 Å². The van der Waals surface area contributed by atoms with Crippen molar-refractivity contribution in [2.45, 2.75) is 70.4 Å². The van der Waals surface area contributed by atoms with Gasteiger partial charge < -0.3 is 10.2 Å². The summed E-state index contributed by atoms with van der Waals surface area (Å²) in [5.41, 5.74) is 1.65. The number of aromatic nitrogens is 2. The largest absolute Gasteiger partial charge is 0.348 e. The summed E-state index contributed by atoms with van der Waals surface area (Å²) in [7, 11) is 0. The number of halogens is 2. The van der Waals surface area contributed by atoms with Gasteiger partial charge in [-0.3, -0.25) is 14.3 Å². The van der Waals surface area contributed by atoms with Crippen LogP contribution in [-0.2, 0) is 9.59 Å². The van der Waals surface area contributed by atoms with Gasteiger partial charge in [-0.05, 0) is 57.4 Å². The quantitative estimate of drug-likeness (QED) is 0.780. The predicted molar refractivity (Wildman–Crippen MR) is 116 cm³/mol. The van der Waals surface area contributed by atoms with Gasteiger partial charge in [0.05, 0.1) is 17.3 Å². The lowest BCUT2D eigenvalue weighted by Gasteiger charge is -2.34. The molecule has 2 saturated heterocycles. The van der Waals surface area contributed by atoms with Gasteiger partial charge >= 0.3 is 0 Å². The summed E-state index contributed by atoms with van der Waals surface area (Å²) in [5, 5.41) is 7.61. The van der Waals surface area contributed by atoms with E-state index in [-0.39, 0.29) is 30.2 Å². The first-order valence-corrected chi connectivity index (χ1v) is 11.2. The number of nitrogens with zero attached hydrogens (tertiary/aromatic N) is 3. The molecule has 2 aromatic rings. The average molecular weight is 445 g/mol. The molecule has 6 nitrogen and oxygen atoms in total. The fourth-order valence-electron chi connectivity index (χ4n) is 5.37. The van der Waals surface area contributed by atoms with E-state index in [1.165, 1.54) is 12.1 Å². The van der Waals surface area contributed by atoms with E-state index in [0.29, 0.717) is 31.5 Å². The minimum absolute atomic E-state index is 0.0534. The van der Waals surface area contributed by atoms with Crippen molar-refractivity contribution in [3.63, 3.8) is 0 Å². The minimum Gasteiger partial charge on any atom is -0.348 e. The lowest BCUT2D eigenvalue weighted by Crippen LogP contribution is -2.53. The number of carbonyl (C=O) groups excluding carboxylic acids is 2. The van der Waals surface area contributed by atoms with Gasteiger partial charge in [0, 0.05) is 43.6 Å². The maximum Gasteiger partial charge on any atom is 0.224 e. The number of amides is 2. The molecule has 1 aromatic heterocycles. The number of nitrogens with one attached hydrogen (secondary N) is 1. The van der Waals surface area contributed by atoms with Crippen molar-refractivity contribution in [3.05, 3.63) is 52.9 Å². The number of hydrogen-bond acceptors (Lipinski definition) is 3. The summed E-state index contributed by atoms with van der Waals surface area (Å²) in [6.45, 7) is 6.48.